The zero-order chi connectivity index (χ0) is 14.8. The van der Waals surface area contributed by atoms with Crippen LogP contribution >= 0.6 is 23.1 Å². The number of thioether (sulfide) groups is 1. The van der Waals surface area contributed by atoms with Crippen molar-refractivity contribution < 1.29 is 14.4 Å². The van der Waals surface area contributed by atoms with Crippen molar-refractivity contribution in [2.75, 3.05) is 5.75 Å². The number of aromatic nitrogens is 3. The number of carboxylic acid groups (broad SMARTS) is 1. The Kier molecular flexibility index (Phi) is 3.76. The summed E-state index contributed by atoms with van der Waals surface area (Å²) in [6.07, 6.45) is 1.42. The number of carboxylic acids is 1. The third kappa shape index (κ3) is 2.83. The van der Waals surface area contributed by atoms with Gasteiger partial charge < -0.3 is 9.63 Å². The minimum absolute atomic E-state index is 0.165. The lowest BCUT2D eigenvalue weighted by Crippen LogP contribution is -2.23. The molecule has 0 bridgehead atoms. The fourth-order valence-electron chi connectivity index (χ4n) is 1.79. The first-order valence-corrected chi connectivity index (χ1v) is 7.73. The minimum atomic E-state index is -0.964. The summed E-state index contributed by atoms with van der Waals surface area (Å²) >= 11 is 2.36. The van der Waals surface area contributed by atoms with Crippen LogP contribution in [0.2, 0.25) is 0 Å². The molecule has 0 aromatic carbocycles. The van der Waals surface area contributed by atoms with Crippen molar-refractivity contribution in [2.45, 2.75) is 11.7 Å². The molecule has 7 nitrogen and oxygen atoms in total. The first kappa shape index (κ1) is 13.8. The lowest BCUT2D eigenvalue weighted by Gasteiger charge is -2.09. The number of aliphatic carboxylic acids is 1. The van der Waals surface area contributed by atoms with Crippen LogP contribution in [0.5, 0.6) is 0 Å². The van der Waals surface area contributed by atoms with Gasteiger partial charge in [0.15, 0.2) is 5.16 Å². The first-order chi connectivity index (χ1) is 10.1. The molecule has 21 heavy (non-hydrogen) atoms. The van der Waals surface area contributed by atoms with Crippen LogP contribution in [0.1, 0.15) is 5.69 Å². The van der Waals surface area contributed by atoms with Gasteiger partial charge in [0.05, 0.1) is 17.7 Å². The second kappa shape index (κ2) is 5.70. The van der Waals surface area contributed by atoms with E-state index in [9.17, 15) is 9.59 Å². The quantitative estimate of drug-likeness (QED) is 0.563. The SMILES string of the molecule is O=C(O)CSc1nc2sccc2c(=O)n1Cc1ccon1. The molecule has 108 valence electrons. The number of fused-ring (bicyclic) bond motifs is 1. The Bertz CT molecular complexity index is 838. The Morgan fingerprint density at radius 1 is 1.48 bits per heavy atom. The van der Waals surface area contributed by atoms with Gasteiger partial charge in [-0.1, -0.05) is 16.9 Å². The molecule has 9 heteroatoms. The molecular formula is C12H9N3O4S2. The third-order valence-corrected chi connectivity index (χ3v) is 4.45. The van der Waals surface area contributed by atoms with Crippen LogP contribution < -0.4 is 5.56 Å². The zero-order valence-electron chi connectivity index (χ0n) is 10.6. The summed E-state index contributed by atoms with van der Waals surface area (Å²) in [6.45, 7) is 0.191. The van der Waals surface area contributed by atoms with Crippen LogP contribution in [0.15, 0.2) is 38.3 Å². The van der Waals surface area contributed by atoms with E-state index >= 15 is 0 Å². The maximum Gasteiger partial charge on any atom is 0.313 e. The highest BCUT2D eigenvalue weighted by Gasteiger charge is 2.15. The van der Waals surface area contributed by atoms with E-state index in [4.69, 9.17) is 9.63 Å². The number of hydrogen-bond donors (Lipinski definition) is 1. The molecule has 0 aliphatic carbocycles. The van der Waals surface area contributed by atoms with Crippen molar-refractivity contribution in [1.29, 1.82) is 0 Å². The van der Waals surface area contributed by atoms with Crippen molar-refractivity contribution >= 4 is 39.3 Å². The third-order valence-electron chi connectivity index (χ3n) is 2.68. The normalized spacial score (nSPS) is 11.0. The predicted octanol–water partition coefficient (Wildman–Crippen LogP) is 1.67. The molecule has 3 aromatic heterocycles. The van der Waals surface area contributed by atoms with E-state index in [1.807, 2.05) is 0 Å². The van der Waals surface area contributed by atoms with E-state index in [-0.39, 0.29) is 17.9 Å². The summed E-state index contributed by atoms with van der Waals surface area (Å²) in [5.74, 6) is -1.13. The number of thiophene rings is 1. The first-order valence-electron chi connectivity index (χ1n) is 5.87. The van der Waals surface area contributed by atoms with Crippen LogP contribution in [0, 0.1) is 0 Å². The van der Waals surface area contributed by atoms with Gasteiger partial charge in [0.2, 0.25) is 0 Å². The fourth-order valence-corrected chi connectivity index (χ4v) is 3.31. The molecule has 0 aliphatic heterocycles. The molecule has 0 aliphatic rings. The largest absolute Gasteiger partial charge is 0.481 e. The lowest BCUT2D eigenvalue weighted by atomic mass is 10.4. The molecule has 3 aromatic rings. The highest BCUT2D eigenvalue weighted by atomic mass is 32.2. The molecule has 3 rings (SSSR count). The highest BCUT2D eigenvalue weighted by Crippen LogP contribution is 2.21. The van der Waals surface area contributed by atoms with E-state index in [0.29, 0.717) is 21.1 Å². The molecule has 0 radical (unpaired) electrons. The lowest BCUT2D eigenvalue weighted by molar-refractivity contribution is -0.133. The van der Waals surface area contributed by atoms with E-state index < -0.39 is 5.97 Å². The molecule has 0 fully saturated rings. The van der Waals surface area contributed by atoms with Crippen molar-refractivity contribution in [3.8, 4) is 0 Å². The van der Waals surface area contributed by atoms with Crippen LogP contribution in [-0.2, 0) is 11.3 Å². The topological polar surface area (TPSA) is 98.2 Å². The van der Waals surface area contributed by atoms with E-state index in [2.05, 4.69) is 10.1 Å². The summed E-state index contributed by atoms with van der Waals surface area (Å²) in [5, 5.41) is 15.2. The van der Waals surface area contributed by atoms with Gasteiger partial charge in [0, 0.05) is 6.07 Å². The number of hydrogen-bond acceptors (Lipinski definition) is 7. The van der Waals surface area contributed by atoms with Gasteiger partial charge in [0.25, 0.3) is 5.56 Å². The van der Waals surface area contributed by atoms with E-state index in [0.717, 1.165) is 11.8 Å². The van der Waals surface area contributed by atoms with Gasteiger partial charge in [0.1, 0.15) is 16.8 Å². The van der Waals surface area contributed by atoms with Gasteiger partial charge in [-0.05, 0) is 11.4 Å². The average molecular weight is 323 g/mol. The summed E-state index contributed by atoms with van der Waals surface area (Å²) in [7, 11) is 0. The molecular weight excluding hydrogens is 314 g/mol. The molecule has 1 N–H and O–H groups in total. The highest BCUT2D eigenvalue weighted by molar-refractivity contribution is 7.99. The van der Waals surface area contributed by atoms with Crippen molar-refractivity contribution in [3.63, 3.8) is 0 Å². The van der Waals surface area contributed by atoms with Gasteiger partial charge in [-0.15, -0.1) is 11.3 Å². The van der Waals surface area contributed by atoms with Gasteiger partial charge in [-0.2, -0.15) is 0 Å². The second-order valence-corrected chi connectivity index (χ2v) is 5.94. The van der Waals surface area contributed by atoms with Crippen molar-refractivity contribution in [3.05, 3.63) is 39.8 Å². The average Bonchev–Trinajstić information content (AvgIpc) is 3.11. The Morgan fingerprint density at radius 3 is 3.05 bits per heavy atom. The number of carbonyl (C=O) groups is 1. The zero-order valence-corrected chi connectivity index (χ0v) is 12.2. The summed E-state index contributed by atoms with van der Waals surface area (Å²) in [6, 6.07) is 3.36. The molecule has 0 unspecified atom stereocenters. The fraction of sp³-hybridized carbons (Fsp3) is 0.167. The minimum Gasteiger partial charge on any atom is -0.481 e. The van der Waals surface area contributed by atoms with Gasteiger partial charge in [-0.3, -0.25) is 14.2 Å². The van der Waals surface area contributed by atoms with Crippen LogP contribution in [0.3, 0.4) is 0 Å². The smallest absolute Gasteiger partial charge is 0.313 e. The van der Waals surface area contributed by atoms with Gasteiger partial charge in [-0.25, -0.2) is 4.98 Å². The Morgan fingerprint density at radius 2 is 2.33 bits per heavy atom. The second-order valence-electron chi connectivity index (χ2n) is 4.10. The Labute approximate surface area is 126 Å². The Hall–Kier alpha value is -2.13. The summed E-state index contributed by atoms with van der Waals surface area (Å²) < 4.78 is 6.17. The van der Waals surface area contributed by atoms with E-state index in [1.54, 1.807) is 17.5 Å². The van der Waals surface area contributed by atoms with Crippen molar-refractivity contribution in [2.24, 2.45) is 0 Å². The maximum absolute atomic E-state index is 12.5. The molecule has 0 saturated heterocycles. The van der Waals surface area contributed by atoms with Crippen LogP contribution in [0.4, 0.5) is 0 Å². The monoisotopic (exact) mass is 323 g/mol. The molecule has 0 atom stereocenters. The summed E-state index contributed by atoms with van der Waals surface area (Å²) in [4.78, 5) is 28.2. The summed E-state index contributed by atoms with van der Waals surface area (Å²) in [5.41, 5.74) is 0.364. The number of rotatable bonds is 5. The molecule has 3 heterocycles. The molecule has 0 saturated carbocycles. The maximum atomic E-state index is 12.5. The number of nitrogens with zero attached hydrogens (tertiary/aromatic N) is 3. The van der Waals surface area contributed by atoms with Crippen LogP contribution in [0.25, 0.3) is 10.2 Å². The van der Waals surface area contributed by atoms with Crippen molar-refractivity contribution in [1.82, 2.24) is 14.7 Å². The van der Waals surface area contributed by atoms with E-state index in [1.165, 1.54) is 22.2 Å². The van der Waals surface area contributed by atoms with Gasteiger partial charge >= 0.3 is 5.97 Å². The standard InChI is InChI=1S/C12H9N3O4S2/c16-9(17)6-21-12-13-10-8(2-4-20-10)11(18)15(12)5-7-1-3-19-14-7/h1-4H,5-6H2,(H,16,17). The Balaban J connectivity index is 2.08. The van der Waals surface area contributed by atoms with Crippen LogP contribution in [-0.4, -0.2) is 31.5 Å². The molecule has 0 amide bonds. The molecule has 0 spiro atoms. The predicted molar refractivity (Wildman–Crippen MR) is 77.8 cm³/mol.